The zero-order chi connectivity index (χ0) is 21.0. The first kappa shape index (κ1) is 25.2. The monoisotopic (exact) mass is 540 g/mol. The largest absolute Gasteiger partial charge is 0.497 e. The Bertz CT molecular complexity index is 798. The molecule has 0 spiro atoms. The summed E-state index contributed by atoms with van der Waals surface area (Å²) in [5, 5.41) is 6.62. The van der Waals surface area contributed by atoms with Gasteiger partial charge >= 0.3 is 0 Å². The number of nitrogens with one attached hydrogen (secondary N) is 2. The summed E-state index contributed by atoms with van der Waals surface area (Å²) >= 11 is 0. The van der Waals surface area contributed by atoms with Gasteiger partial charge < -0.3 is 24.8 Å². The van der Waals surface area contributed by atoms with Crippen LogP contribution in [0.3, 0.4) is 0 Å². The van der Waals surface area contributed by atoms with E-state index in [1.54, 1.807) is 13.3 Å². The molecule has 0 aliphatic heterocycles. The van der Waals surface area contributed by atoms with Gasteiger partial charge in [-0.3, -0.25) is 0 Å². The van der Waals surface area contributed by atoms with E-state index in [1.807, 2.05) is 36.4 Å². The van der Waals surface area contributed by atoms with Crippen molar-refractivity contribution in [3.63, 3.8) is 0 Å². The van der Waals surface area contributed by atoms with Crippen LogP contribution in [-0.4, -0.2) is 44.4 Å². The minimum atomic E-state index is 0. The third-order valence-corrected chi connectivity index (χ3v) is 4.63. The van der Waals surface area contributed by atoms with E-state index in [0.717, 1.165) is 55.9 Å². The maximum absolute atomic E-state index is 5.78. The second-order valence-corrected chi connectivity index (χ2v) is 7.28. The Morgan fingerprint density at radius 3 is 2.71 bits per heavy atom. The quantitative estimate of drug-likeness (QED) is 0.180. The van der Waals surface area contributed by atoms with E-state index in [0.29, 0.717) is 18.2 Å². The summed E-state index contributed by atoms with van der Waals surface area (Å²) in [5.41, 5.74) is 1.01. The van der Waals surface area contributed by atoms with Crippen molar-refractivity contribution in [1.82, 2.24) is 15.6 Å². The Labute approximate surface area is 202 Å². The van der Waals surface area contributed by atoms with Crippen LogP contribution in [0.5, 0.6) is 17.4 Å². The van der Waals surface area contributed by atoms with Crippen molar-refractivity contribution >= 4 is 29.9 Å². The number of ether oxygens (including phenoxy) is 3. The highest BCUT2D eigenvalue weighted by Crippen LogP contribution is 2.28. The number of guanidine groups is 1. The molecule has 1 aliphatic rings. The van der Waals surface area contributed by atoms with E-state index < -0.39 is 0 Å². The van der Waals surface area contributed by atoms with Crippen molar-refractivity contribution in [3.05, 3.63) is 48.2 Å². The predicted octanol–water partition coefficient (Wildman–Crippen LogP) is 4.37. The van der Waals surface area contributed by atoms with Crippen LogP contribution in [0.2, 0.25) is 0 Å². The van der Waals surface area contributed by atoms with E-state index in [4.69, 9.17) is 14.2 Å². The summed E-state index contributed by atoms with van der Waals surface area (Å²) in [6, 6.07) is 11.3. The summed E-state index contributed by atoms with van der Waals surface area (Å²) in [5.74, 6) is 3.59. The number of aliphatic imine (C=N–C) groups is 1. The molecule has 7 nitrogen and oxygen atoms in total. The molecule has 0 bridgehead atoms. The molecule has 0 radical (unpaired) electrons. The number of aromatic nitrogens is 1. The first-order chi connectivity index (χ1) is 14.8. The van der Waals surface area contributed by atoms with Crippen LogP contribution >= 0.6 is 24.0 Å². The lowest BCUT2D eigenvalue weighted by atomic mass is 10.3. The summed E-state index contributed by atoms with van der Waals surface area (Å²) in [6.45, 7) is 5.96. The van der Waals surface area contributed by atoms with Crippen LogP contribution in [0.25, 0.3) is 0 Å². The van der Waals surface area contributed by atoms with Crippen LogP contribution in [-0.2, 0) is 11.3 Å². The SMILES string of the molecule is CCNC(=NCc1ccc(Oc2cccc(OC)c2)nc1)NCCCOCC1CC1.I. The fourth-order valence-corrected chi connectivity index (χ4v) is 2.78. The van der Waals surface area contributed by atoms with Gasteiger partial charge in [-0.1, -0.05) is 12.1 Å². The molecule has 31 heavy (non-hydrogen) atoms. The van der Waals surface area contributed by atoms with Crippen molar-refractivity contribution in [1.29, 1.82) is 0 Å². The van der Waals surface area contributed by atoms with E-state index in [-0.39, 0.29) is 24.0 Å². The van der Waals surface area contributed by atoms with Gasteiger partial charge in [-0.2, -0.15) is 0 Å². The zero-order valence-electron chi connectivity index (χ0n) is 18.3. The molecule has 8 heteroatoms. The Morgan fingerprint density at radius 1 is 1.16 bits per heavy atom. The van der Waals surface area contributed by atoms with Gasteiger partial charge in [-0.15, -0.1) is 24.0 Å². The highest BCUT2D eigenvalue weighted by Gasteiger charge is 2.20. The number of pyridine rings is 1. The molecule has 170 valence electrons. The molecular formula is C23H33IN4O3. The van der Waals surface area contributed by atoms with Gasteiger partial charge in [0.2, 0.25) is 5.88 Å². The van der Waals surface area contributed by atoms with Crippen molar-refractivity contribution in [3.8, 4) is 17.4 Å². The Morgan fingerprint density at radius 2 is 2.00 bits per heavy atom. The fraction of sp³-hybridized carbons (Fsp3) is 0.478. The van der Waals surface area contributed by atoms with Crippen LogP contribution in [0.1, 0.15) is 31.7 Å². The minimum absolute atomic E-state index is 0. The molecule has 1 fully saturated rings. The normalized spacial score (nSPS) is 13.3. The molecule has 0 atom stereocenters. The Hall–Kier alpha value is -2.07. The van der Waals surface area contributed by atoms with Gasteiger partial charge in [0, 0.05) is 44.6 Å². The molecule has 1 aliphatic carbocycles. The number of rotatable bonds is 12. The highest BCUT2D eigenvalue weighted by atomic mass is 127. The van der Waals surface area contributed by atoms with E-state index in [1.165, 1.54) is 12.8 Å². The lowest BCUT2D eigenvalue weighted by molar-refractivity contribution is 0.123. The molecule has 2 aromatic rings. The molecule has 1 aromatic heterocycles. The number of methoxy groups -OCH3 is 1. The van der Waals surface area contributed by atoms with Gasteiger partial charge in [-0.25, -0.2) is 9.98 Å². The average molecular weight is 540 g/mol. The summed E-state index contributed by atoms with van der Waals surface area (Å²) < 4.78 is 16.7. The van der Waals surface area contributed by atoms with Crippen molar-refractivity contribution in [2.75, 3.05) is 33.4 Å². The van der Waals surface area contributed by atoms with Crippen LogP contribution in [0.15, 0.2) is 47.6 Å². The third-order valence-electron chi connectivity index (χ3n) is 4.63. The number of nitrogens with zero attached hydrogens (tertiary/aromatic N) is 2. The number of hydrogen-bond donors (Lipinski definition) is 2. The summed E-state index contributed by atoms with van der Waals surface area (Å²) in [7, 11) is 1.63. The standard InChI is InChI=1S/C23H32N4O3.HI/c1-3-24-23(25-12-5-13-29-17-18-8-9-18)27-16-19-10-11-22(26-15-19)30-21-7-4-6-20(14-21)28-2;/h4,6-7,10-11,14-15,18H,3,5,8-9,12-13,16-17H2,1-2H3,(H2,24,25,27);1H. The van der Waals surface area contributed by atoms with Crippen LogP contribution < -0.4 is 20.1 Å². The summed E-state index contributed by atoms with van der Waals surface area (Å²) in [6.07, 6.45) is 5.42. The molecule has 1 heterocycles. The number of benzene rings is 1. The van der Waals surface area contributed by atoms with Crippen LogP contribution in [0, 0.1) is 5.92 Å². The van der Waals surface area contributed by atoms with Crippen LogP contribution in [0.4, 0.5) is 0 Å². The first-order valence-corrected chi connectivity index (χ1v) is 10.6. The molecule has 1 saturated carbocycles. The van der Waals surface area contributed by atoms with Gasteiger partial charge in [0.05, 0.1) is 13.7 Å². The molecule has 0 saturated heterocycles. The van der Waals surface area contributed by atoms with Gasteiger partial charge in [-0.05, 0) is 49.8 Å². The smallest absolute Gasteiger partial charge is 0.219 e. The lowest BCUT2D eigenvalue weighted by Crippen LogP contribution is -2.38. The maximum Gasteiger partial charge on any atom is 0.219 e. The van der Waals surface area contributed by atoms with Crippen molar-refractivity contribution < 1.29 is 14.2 Å². The third kappa shape index (κ3) is 9.73. The Kier molecular flexibility index (Phi) is 11.4. The minimum Gasteiger partial charge on any atom is -0.497 e. The highest BCUT2D eigenvalue weighted by molar-refractivity contribution is 14.0. The van der Waals surface area contributed by atoms with Gasteiger partial charge in [0.25, 0.3) is 0 Å². The van der Waals surface area contributed by atoms with Gasteiger partial charge in [0.15, 0.2) is 5.96 Å². The lowest BCUT2D eigenvalue weighted by Gasteiger charge is -2.11. The molecule has 2 N–H and O–H groups in total. The average Bonchev–Trinajstić information content (AvgIpc) is 3.60. The fourth-order valence-electron chi connectivity index (χ4n) is 2.78. The van der Waals surface area contributed by atoms with E-state index >= 15 is 0 Å². The van der Waals surface area contributed by atoms with E-state index in [9.17, 15) is 0 Å². The molecule has 0 amide bonds. The van der Waals surface area contributed by atoms with Crippen molar-refractivity contribution in [2.45, 2.75) is 32.7 Å². The number of hydrogen-bond acceptors (Lipinski definition) is 5. The number of halogens is 1. The van der Waals surface area contributed by atoms with E-state index in [2.05, 4.69) is 27.5 Å². The Balaban J connectivity index is 0.00000341. The molecule has 1 aromatic carbocycles. The second kappa shape index (κ2) is 14.1. The molecule has 3 rings (SSSR count). The molecular weight excluding hydrogens is 507 g/mol. The van der Waals surface area contributed by atoms with Crippen molar-refractivity contribution in [2.24, 2.45) is 10.9 Å². The maximum atomic E-state index is 5.78. The molecule has 0 unspecified atom stereocenters. The second-order valence-electron chi connectivity index (χ2n) is 7.28. The first-order valence-electron chi connectivity index (χ1n) is 10.6. The zero-order valence-corrected chi connectivity index (χ0v) is 20.6. The van der Waals surface area contributed by atoms with Gasteiger partial charge in [0.1, 0.15) is 11.5 Å². The topological polar surface area (TPSA) is 77.0 Å². The summed E-state index contributed by atoms with van der Waals surface area (Å²) in [4.78, 5) is 9.01. The predicted molar refractivity (Wildman–Crippen MR) is 134 cm³/mol.